The molecule has 1 N–H and O–H groups in total. The van der Waals surface area contributed by atoms with Crippen molar-refractivity contribution in [3.63, 3.8) is 0 Å². The molecule has 1 aliphatic heterocycles. The number of hydrogen-bond acceptors (Lipinski definition) is 3. The number of nitrogens with one attached hydrogen (secondary N) is 1. The SMILES string of the molecule is [N-]=[N+]=NC(=O)C1CNCO1. The number of amides is 1. The maximum atomic E-state index is 10.7. The zero-order chi connectivity index (χ0) is 7.40. The number of carbonyl (C=O) groups excluding carboxylic acids is 1. The van der Waals surface area contributed by atoms with E-state index >= 15 is 0 Å². The van der Waals surface area contributed by atoms with E-state index in [9.17, 15) is 4.79 Å². The highest BCUT2D eigenvalue weighted by Crippen LogP contribution is 1.98. The fraction of sp³-hybridized carbons (Fsp3) is 0.750. The summed E-state index contributed by atoms with van der Waals surface area (Å²) in [7, 11) is 0. The Hall–Kier alpha value is -1.10. The van der Waals surface area contributed by atoms with Gasteiger partial charge in [0.25, 0.3) is 0 Å². The van der Waals surface area contributed by atoms with Crippen LogP contribution in [0.25, 0.3) is 10.4 Å². The van der Waals surface area contributed by atoms with Crippen molar-refractivity contribution in [1.29, 1.82) is 0 Å². The van der Waals surface area contributed by atoms with Crippen LogP contribution in [0.1, 0.15) is 0 Å². The van der Waals surface area contributed by atoms with Crippen molar-refractivity contribution in [3.8, 4) is 0 Å². The molecule has 0 aromatic heterocycles. The van der Waals surface area contributed by atoms with Gasteiger partial charge in [0.05, 0.1) is 6.73 Å². The van der Waals surface area contributed by atoms with Gasteiger partial charge in [-0.05, 0) is 10.6 Å². The van der Waals surface area contributed by atoms with Crippen LogP contribution in [-0.2, 0) is 9.53 Å². The summed E-state index contributed by atoms with van der Waals surface area (Å²) < 4.78 is 4.84. The molecule has 1 saturated heterocycles. The second-order valence-corrected chi connectivity index (χ2v) is 1.78. The molecule has 0 aliphatic carbocycles. The van der Waals surface area contributed by atoms with E-state index in [4.69, 9.17) is 10.3 Å². The molecule has 0 spiro atoms. The number of azide groups is 1. The van der Waals surface area contributed by atoms with Gasteiger partial charge in [-0.3, -0.25) is 10.1 Å². The van der Waals surface area contributed by atoms with Crippen LogP contribution in [0.15, 0.2) is 5.11 Å². The van der Waals surface area contributed by atoms with E-state index in [1.807, 2.05) is 0 Å². The molecule has 0 bridgehead atoms. The third kappa shape index (κ3) is 1.44. The molecule has 6 nitrogen and oxygen atoms in total. The summed E-state index contributed by atoms with van der Waals surface area (Å²) in [5, 5.41) is 5.67. The summed E-state index contributed by atoms with van der Waals surface area (Å²) in [6.45, 7) is 0.773. The number of carbonyl (C=O) groups is 1. The first-order chi connectivity index (χ1) is 4.84. The molecule has 0 radical (unpaired) electrons. The van der Waals surface area contributed by atoms with E-state index < -0.39 is 12.0 Å². The molecule has 6 heteroatoms. The van der Waals surface area contributed by atoms with Gasteiger partial charge < -0.3 is 4.74 Å². The van der Waals surface area contributed by atoms with Crippen LogP contribution in [0.2, 0.25) is 0 Å². The lowest BCUT2D eigenvalue weighted by atomic mass is 10.3. The summed E-state index contributed by atoms with van der Waals surface area (Å²) in [5.74, 6) is -0.562. The van der Waals surface area contributed by atoms with Gasteiger partial charge in [0, 0.05) is 11.5 Å². The summed E-state index contributed by atoms with van der Waals surface area (Å²) in [6.07, 6.45) is -0.587. The van der Waals surface area contributed by atoms with Gasteiger partial charge in [-0.25, -0.2) is 0 Å². The maximum Gasteiger partial charge on any atom is 0.248 e. The lowest BCUT2D eigenvalue weighted by Gasteiger charge is -1.98. The van der Waals surface area contributed by atoms with Crippen LogP contribution >= 0.6 is 0 Å². The first kappa shape index (κ1) is 7.01. The summed E-state index contributed by atoms with van der Waals surface area (Å²) in [4.78, 5) is 13.0. The Morgan fingerprint density at radius 3 is 3.20 bits per heavy atom. The van der Waals surface area contributed by atoms with Crippen molar-refractivity contribution in [2.24, 2.45) is 5.11 Å². The van der Waals surface area contributed by atoms with Crippen LogP contribution in [0, 0.1) is 0 Å². The molecule has 1 rings (SSSR count). The molecule has 1 atom stereocenters. The molecule has 0 saturated carbocycles. The van der Waals surface area contributed by atoms with Crippen molar-refractivity contribution in [3.05, 3.63) is 10.4 Å². The average molecular weight is 142 g/mol. The van der Waals surface area contributed by atoms with E-state index in [1.165, 1.54) is 0 Å². The molecule has 1 fully saturated rings. The molecule has 10 heavy (non-hydrogen) atoms. The van der Waals surface area contributed by atoms with Crippen LogP contribution < -0.4 is 5.32 Å². The van der Waals surface area contributed by atoms with Gasteiger partial charge in [-0.15, -0.1) is 0 Å². The minimum Gasteiger partial charge on any atom is -0.354 e. The van der Waals surface area contributed by atoms with Crippen molar-refractivity contribution in [2.75, 3.05) is 13.3 Å². The molecular formula is C4H6N4O2. The Balaban J connectivity index is 2.47. The van der Waals surface area contributed by atoms with Crippen molar-refractivity contribution in [1.82, 2.24) is 5.32 Å². The molecule has 1 heterocycles. The Labute approximate surface area is 56.8 Å². The Morgan fingerprint density at radius 2 is 2.70 bits per heavy atom. The van der Waals surface area contributed by atoms with E-state index in [-0.39, 0.29) is 0 Å². The first-order valence-corrected chi connectivity index (χ1v) is 2.76. The number of hydrogen-bond donors (Lipinski definition) is 1. The molecule has 1 unspecified atom stereocenters. The van der Waals surface area contributed by atoms with Crippen LogP contribution in [0.4, 0.5) is 0 Å². The largest absolute Gasteiger partial charge is 0.354 e. The van der Waals surface area contributed by atoms with E-state index in [2.05, 4.69) is 15.3 Å². The van der Waals surface area contributed by atoms with Crippen molar-refractivity contribution in [2.45, 2.75) is 6.10 Å². The van der Waals surface area contributed by atoms with Gasteiger partial charge >= 0.3 is 0 Å². The molecule has 54 valence electrons. The second kappa shape index (κ2) is 3.17. The zero-order valence-electron chi connectivity index (χ0n) is 5.15. The molecule has 0 aromatic rings. The third-order valence-electron chi connectivity index (χ3n) is 1.14. The lowest BCUT2D eigenvalue weighted by Crippen LogP contribution is -2.22. The van der Waals surface area contributed by atoms with Gasteiger partial charge in [-0.2, -0.15) is 0 Å². The van der Waals surface area contributed by atoms with Gasteiger partial charge in [-0.1, -0.05) is 0 Å². The topological polar surface area (TPSA) is 87.1 Å². The fourth-order valence-corrected chi connectivity index (χ4v) is 0.676. The summed E-state index contributed by atoms with van der Waals surface area (Å²) in [5.41, 5.74) is 7.86. The predicted molar refractivity (Wildman–Crippen MR) is 31.9 cm³/mol. The van der Waals surface area contributed by atoms with Crippen LogP contribution in [-0.4, -0.2) is 25.3 Å². The Morgan fingerprint density at radius 1 is 1.90 bits per heavy atom. The zero-order valence-corrected chi connectivity index (χ0v) is 5.15. The summed E-state index contributed by atoms with van der Waals surface area (Å²) >= 11 is 0. The van der Waals surface area contributed by atoms with Crippen molar-refractivity contribution < 1.29 is 9.53 Å². The number of rotatable bonds is 1. The number of nitrogens with zero attached hydrogens (tertiary/aromatic N) is 3. The third-order valence-corrected chi connectivity index (χ3v) is 1.14. The minimum atomic E-state index is -0.587. The lowest BCUT2D eigenvalue weighted by molar-refractivity contribution is -0.126. The maximum absolute atomic E-state index is 10.7. The normalized spacial score (nSPS) is 23.8. The van der Waals surface area contributed by atoms with E-state index in [0.717, 1.165) is 0 Å². The smallest absolute Gasteiger partial charge is 0.248 e. The molecular weight excluding hydrogens is 136 g/mol. The van der Waals surface area contributed by atoms with E-state index in [0.29, 0.717) is 13.3 Å². The standard InChI is InChI=1S/C4H6N4O2/c5-8-7-4(9)3-1-6-2-10-3/h3,6H,1-2H2. The molecule has 1 aliphatic rings. The molecule has 1 amide bonds. The summed E-state index contributed by atoms with van der Waals surface area (Å²) in [6, 6.07) is 0. The first-order valence-electron chi connectivity index (χ1n) is 2.76. The predicted octanol–water partition coefficient (Wildman–Crippen LogP) is -0.231. The monoisotopic (exact) mass is 142 g/mol. The molecule has 0 aromatic carbocycles. The number of ether oxygens (including phenoxy) is 1. The van der Waals surface area contributed by atoms with Gasteiger partial charge in [0.1, 0.15) is 6.10 Å². The highest BCUT2D eigenvalue weighted by molar-refractivity contribution is 5.81. The second-order valence-electron chi connectivity index (χ2n) is 1.78. The van der Waals surface area contributed by atoms with Crippen molar-refractivity contribution >= 4 is 5.91 Å². The highest BCUT2D eigenvalue weighted by Gasteiger charge is 2.21. The highest BCUT2D eigenvalue weighted by atomic mass is 16.5. The van der Waals surface area contributed by atoms with Crippen LogP contribution in [0.5, 0.6) is 0 Å². The van der Waals surface area contributed by atoms with Gasteiger partial charge in [0.2, 0.25) is 5.91 Å². The Bertz CT molecular complexity index is 180. The quantitative estimate of drug-likeness (QED) is 0.311. The fourth-order valence-electron chi connectivity index (χ4n) is 0.676. The van der Waals surface area contributed by atoms with Gasteiger partial charge in [0.15, 0.2) is 0 Å². The average Bonchev–Trinajstić information content (AvgIpc) is 2.38. The Kier molecular flexibility index (Phi) is 2.22. The minimum absolute atomic E-state index is 0.345. The van der Waals surface area contributed by atoms with Crippen LogP contribution in [0.3, 0.4) is 0 Å². The van der Waals surface area contributed by atoms with E-state index in [1.54, 1.807) is 0 Å².